The molecule has 4 rings (SSSR count). The summed E-state index contributed by atoms with van der Waals surface area (Å²) in [5, 5.41) is 4.41. The number of carbonyl (C=O) groups excluding carboxylic acids is 1. The molecule has 0 unspecified atom stereocenters. The maximum atomic E-state index is 12.7. The second-order valence-corrected chi connectivity index (χ2v) is 5.90. The van der Waals surface area contributed by atoms with Gasteiger partial charge < -0.3 is 0 Å². The molecule has 0 bridgehead atoms. The number of rotatable bonds is 5. The first-order chi connectivity index (χ1) is 11.7. The maximum absolute atomic E-state index is 12.7. The molecule has 24 heavy (non-hydrogen) atoms. The summed E-state index contributed by atoms with van der Waals surface area (Å²) in [6.45, 7) is -0.0597. The van der Waals surface area contributed by atoms with Gasteiger partial charge in [-0.3, -0.25) is 14.3 Å². The zero-order chi connectivity index (χ0) is 16.5. The van der Waals surface area contributed by atoms with Crippen LogP contribution in [0.3, 0.4) is 0 Å². The van der Waals surface area contributed by atoms with E-state index in [1.807, 2.05) is 18.2 Å². The second-order valence-electron chi connectivity index (χ2n) is 5.90. The average Bonchev–Trinajstić information content (AvgIpc) is 3.41. The summed E-state index contributed by atoms with van der Waals surface area (Å²) in [5.41, 5.74) is 1.13. The Bertz CT molecular complexity index is 925. The molecule has 120 valence electrons. The van der Waals surface area contributed by atoms with Crippen molar-refractivity contribution in [3.63, 3.8) is 0 Å². The third kappa shape index (κ3) is 2.67. The van der Waals surface area contributed by atoms with E-state index < -0.39 is 0 Å². The third-order valence-corrected chi connectivity index (χ3v) is 4.09. The van der Waals surface area contributed by atoms with E-state index in [0.717, 1.165) is 18.4 Å². The van der Waals surface area contributed by atoms with E-state index in [1.165, 1.54) is 4.68 Å². The standard InChI is InChI=1S/C18H16N4O2/c23-16(13-5-2-1-3-6-13)12-21-18(24)22(15-8-9-15)17(20-21)14-7-4-10-19-11-14/h1-7,10-11,15H,8-9,12H2. The van der Waals surface area contributed by atoms with Crippen LogP contribution in [0.15, 0.2) is 59.7 Å². The van der Waals surface area contributed by atoms with Crippen molar-refractivity contribution in [3.8, 4) is 11.4 Å². The number of nitrogens with zero attached hydrogens (tertiary/aromatic N) is 4. The molecule has 1 aliphatic carbocycles. The number of carbonyl (C=O) groups is 1. The molecule has 0 amide bonds. The molecular weight excluding hydrogens is 304 g/mol. The van der Waals surface area contributed by atoms with Gasteiger partial charge in [-0.25, -0.2) is 9.48 Å². The summed E-state index contributed by atoms with van der Waals surface area (Å²) >= 11 is 0. The molecule has 2 aromatic heterocycles. The van der Waals surface area contributed by atoms with Gasteiger partial charge in [0.25, 0.3) is 0 Å². The van der Waals surface area contributed by atoms with Gasteiger partial charge in [0.15, 0.2) is 11.6 Å². The molecule has 1 aromatic carbocycles. The van der Waals surface area contributed by atoms with Crippen LogP contribution < -0.4 is 5.69 Å². The lowest BCUT2D eigenvalue weighted by molar-refractivity contribution is 0.0966. The van der Waals surface area contributed by atoms with Crippen molar-refractivity contribution in [1.82, 2.24) is 19.3 Å². The van der Waals surface area contributed by atoms with Crippen molar-refractivity contribution in [2.75, 3.05) is 0 Å². The minimum atomic E-state index is -0.236. The quantitative estimate of drug-likeness (QED) is 0.677. The van der Waals surface area contributed by atoms with E-state index in [4.69, 9.17) is 0 Å². The molecular formula is C18H16N4O2. The van der Waals surface area contributed by atoms with Crippen LogP contribution in [0, 0.1) is 0 Å². The molecule has 3 aromatic rings. The van der Waals surface area contributed by atoms with Crippen LogP contribution in [0.25, 0.3) is 11.4 Å². The molecule has 0 atom stereocenters. The second kappa shape index (κ2) is 5.88. The van der Waals surface area contributed by atoms with Crippen LogP contribution in [0.4, 0.5) is 0 Å². The van der Waals surface area contributed by atoms with Crippen molar-refractivity contribution >= 4 is 5.78 Å². The summed E-state index contributed by atoms with van der Waals surface area (Å²) in [6, 6.07) is 12.8. The van der Waals surface area contributed by atoms with E-state index in [2.05, 4.69) is 10.1 Å². The Hall–Kier alpha value is -3.02. The highest BCUT2D eigenvalue weighted by Gasteiger charge is 2.30. The Morgan fingerprint density at radius 1 is 1.12 bits per heavy atom. The molecule has 2 heterocycles. The van der Waals surface area contributed by atoms with E-state index in [0.29, 0.717) is 11.4 Å². The van der Waals surface area contributed by atoms with Gasteiger partial charge in [-0.05, 0) is 25.0 Å². The largest absolute Gasteiger partial charge is 0.346 e. The molecule has 0 saturated heterocycles. The molecule has 1 aliphatic rings. The minimum Gasteiger partial charge on any atom is -0.292 e. The predicted molar refractivity (Wildman–Crippen MR) is 88.8 cm³/mol. The van der Waals surface area contributed by atoms with Gasteiger partial charge in [0.05, 0.1) is 0 Å². The van der Waals surface area contributed by atoms with Gasteiger partial charge in [0, 0.05) is 29.6 Å². The number of pyridine rings is 1. The summed E-state index contributed by atoms with van der Waals surface area (Å²) in [7, 11) is 0. The predicted octanol–water partition coefficient (Wildman–Crippen LogP) is 2.32. The first kappa shape index (κ1) is 14.6. The molecule has 0 aliphatic heterocycles. The molecule has 0 N–H and O–H groups in total. The molecule has 1 fully saturated rings. The fourth-order valence-corrected chi connectivity index (χ4v) is 2.73. The van der Waals surface area contributed by atoms with Crippen molar-refractivity contribution < 1.29 is 4.79 Å². The number of ketones is 1. The van der Waals surface area contributed by atoms with Crippen LogP contribution in [0.2, 0.25) is 0 Å². The summed E-state index contributed by atoms with van der Waals surface area (Å²) in [4.78, 5) is 29.2. The van der Waals surface area contributed by atoms with Gasteiger partial charge in [-0.15, -0.1) is 5.10 Å². The Balaban J connectivity index is 1.72. The third-order valence-electron chi connectivity index (χ3n) is 4.09. The Labute approximate surface area is 138 Å². The molecule has 0 radical (unpaired) electrons. The number of hydrogen-bond acceptors (Lipinski definition) is 4. The molecule has 0 spiro atoms. The molecule has 6 nitrogen and oxygen atoms in total. The zero-order valence-electron chi connectivity index (χ0n) is 13.0. The van der Waals surface area contributed by atoms with Gasteiger partial charge in [0.1, 0.15) is 6.54 Å². The smallest absolute Gasteiger partial charge is 0.292 e. The first-order valence-corrected chi connectivity index (χ1v) is 7.92. The fraction of sp³-hybridized carbons (Fsp3) is 0.222. The van der Waals surface area contributed by atoms with Gasteiger partial charge in [-0.1, -0.05) is 30.3 Å². The molecule has 1 saturated carbocycles. The van der Waals surface area contributed by atoms with Crippen LogP contribution >= 0.6 is 0 Å². The van der Waals surface area contributed by atoms with Crippen LogP contribution in [-0.2, 0) is 6.54 Å². The van der Waals surface area contributed by atoms with E-state index >= 15 is 0 Å². The average molecular weight is 320 g/mol. The van der Waals surface area contributed by atoms with Crippen molar-refractivity contribution in [3.05, 3.63) is 70.9 Å². The Kier molecular flexibility index (Phi) is 3.57. The number of aromatic nitrogens is 4. The minimum absolute atomic E-state index is 0.0597. The molecule has 6 heteroatoms. The lowest BCUT2D eigenvalue weighted by atomic mass is 10.1. The van der Waals surface area contributed by atoms with E-state index in [-0.39, 0.29) is 24.1 Å². The summed E-state index contributed by atoms with van der Waals surface area (Å²) < 4.78 is 2.95. The number of hydrogen-bond donors (Lipinski definition) is 0. The normalized spacial score (nSPS) is 13.8. The van der Waals surface area contributed by atoms with Gasteiger partial charge in [0.2, 0.25) is 0 Å². The van der Waals surface area contributed by atoms with Crippen molar-refractivity contribution in [1.29, 1.82) is 0 Å². The van der Waals surface area contributed by atoms with Crippen molar-refractivity contribution in [2.24, 2.45) is 0 Å². The lowest BCUT2D eigenvalue weighted by Crippen LogP contribution is -2.27. The summed E-state index contributed by atoms with van der Waals surface area (Å²) in [5.74, 6) is 0.451. The highest BCUT2D eigenvalue weighted by Crippen LogP contribution is 2.36. The SMILES string of the molecule is O=C(Cn1nc(-c2cccnc2)n(C2CC2)c1=O)c1ccccc1. The van der Waals surface area contributed by atoms with Gasteiger partial charge >= 0.3 is 5.69 Å². The number of benzene rings is 1. The lowest BCUT2D eigenvalue weighted by Gasteiger charge is -2.02. The fourth-order valence-electron chi connectivity index (χ4n) is 2.73. The highest BCUT2D eigenvalue weighted by molar-refractivity contribution is 5.95. The highest BCUT2D eigenvalue weighted by atomic mass is 16.2. The maximum Gasteiger partial charge on any atom is 0.346 e. The monoisotopic (exact) mass is 320 g/mol. The first-order valence-electron chi connectivity index (χ1n) is 7.92. The van der Waals surface area contributed by atoms with Crippen LogP contribution in [0.1, 0.15) is 29.2 Å². The topological polar surface area (TPSA) is 69.8 Å². The van der Waals surface area contributed by atoms with Crippen LogP contribution in [0.5, 0.6) is 0 Å². The van der Waals surface area contributed by atoms with E-state index in [1.54, 1.807) is 41.2 Å². The van der Waals surface area contributed by atoms with Crippen molar-refractivity contribution in [2.45, 2.75) is 25.4 Å². The van der Waals surface area contributed by atoms with E-state index in [9.17, 15) is 9.59 Å². The Morgan fingerprint density at radius 2 is 1.92 bits per heavy atom. The van der Waals surface area contributed by atoms with Crippen LogP contribution in [-0.4, -0.2) is 25.1 Å². The summed E-state index contributed by atoms with van der Waals surface area (Å²) in [6.07, 6.45) is 5.29. The zero-order valence-corrected chi connectivity index (χ0v) is 13.0. The Morgan fingerprint density at radius 3 is 2.58 bits per heavy atom. The van der Waals surface area contributed by atoms with Gasteiger partial charge in [-0.2, -0.15) is 0 Å². The number of Topliss-reactive ketones (excluding diaryl/α,β-unsaturated/α-hetero) is 1.